The van der Waals surface area contributed by atoms with E-state index in [2.05, 4.69) is 62.4 Å². The number of aldehydes is 1. The minimum absolute atomic E-state index is 0.178. The SMILES string of the molecule is Cc1ccc(C(c2ccc(C)cc2)c2ccc(C=O)cc2)cc1. The van der Waals surface area contributed by atoms with Crippen molar-refractivity contribution in [3.05, 3.63) is 106 Å². The van der Waals surface area contributed by atoms with Gasteiger partial charge in [0, 0.05) is 11.5 Å². The topological polar surface area (TPSA) is 17.1 Å². The Labute approximate surface area is 137 Å². The summed E-state index contributed by atoms with van der Waals surface area (Å²) in [5, 5.41) is 0. The smallest absolute Gasteiger partial charge is 0.150 e. The van der Waals surface area contributed by atoms with E-state index in [9.17, 15) is 4.79 Å². The first kappa shape index (κ1) is 15.2. The molecule has 0 amide bonds. The standard InChI is InChI=1S/C22H20O/c1-16-3-9-19(10-4-16)22(20-11-5-17(2)6-12-20)21-13-7-18(15-23)8-14-21/h3-15,22H,1-2H3. The Morgan fingerprint density at radius 1 is 0.609 bits per heavy atom. The predicted molar refractivity (Wildman–Crippen MR) is 95.1 cm³/mol. The minimum Gasteiger partial charge on any atom is -0.298 e. The van der Waals surface area contributed by atoms with Crippen molar-refractivity contribution in [2.45, 2.75) is 19.8 Å². The second kappa shape index (κ2) is 6.62. The number of benzene rings is 3. The van der Waals surface area contributed by atoms with Crippen LogP contribution in [0.3, 0.4) is 0 Å². The molecule has 0 aliphatic carbocycles. The minimum atomic E-state index is 0.178. The Morgan fingerprint density at radius 2 is 0.957 bits per heavy atom. The van der Waals surface area contributed by atoms with E-state index in [0.717, 1.165) is 6.29 Å². The number of carbonyl (C=O) groups is 1. The monoisotopic (exact) mass is 300 g/mol. The molecule has 23 heavy (non-hydrogen) atoms. The van der Waals surface area contributed by atoms with Crippen LogP contribution in [0, 0.1) is 13.8 Å². The summed E-state index contributed by atoms with van der Waals surface area (Å²) >= 11 is 0. The van der Waals surface area contributed by atoms with Crippen LogP contribution in [0.5, 0.6) is 0 Å². The van der Waals surface area contributed by atoms with Crippen molar-refractivity contribution >= 4 is 6.29 Å². The first-order valence-corrected chi connectivity index (χ1v) is 7.85. The van der Waals surface area contributed by atoms with Crippen molar-refractivity contribution < 1.29 is 4.79 Å². The molecule has 0 unspecified atom stereocenters. The van der Waals surface area contributed by atoms with Crippen LogP contribution >= 0.6 is 0 Å². The van der Waals surface area contributed by atoms with Crippen LogP contribution in [0.1, 0.15) is 44.1 Å². The molecule has 3 aromatic rings. The lowest BCUT2D eigenvalue weighted by Gasteiger charge is -2.19. The summed E-state index contributed by atoms with van der Waals surface area (Å²) in [7, 11) is 0. The molecule has 1 nitrogen and oxygen atoms in total. The van der Waals surface area contributed by atoms with Gasteiger partial charge in [0.05, 0.1) is 0 Å². The van der Waals surface area contributed by atoms with E-state index in [4.69, 9.17) is 0 Å². The summed E-state index contributed by atoms with van der Waals surface area (Å²) in [4.78, 5) is 10.9. The van der Waals surface area contributed by atoms with Gasteiger partial charge in [0.15, 0.2) is 0 Å². The summed E-state index contributed by atoms with van der Waals surface area (Å²) in [6, 6.07) is 25.2. The summed E-state index contributed by atoms with van der Waals surface area (Å²) in [6.45, 7) is 4.20. The largest absolute Gasteiger partial charge is 0.298 e. The van der Waals surface area contributed by atoms with Gasteiger partial charge in [-0.15, -0.1) is 0 Å². The van der Waals surface area contributed by atoms with Gasteiger partial charge in [-0.2, -0.15) is 0 Å². The molecular formula is C22H20O. The van der Waals surface area contributed by atoms with E-state index < -0.39 is 0 Å². The van der Waals surface area contributed by atoms with E-state index in [-0.39, 0.29) is 5.92 Å². The summed E-state index contributed by atoms with van der Waals surface area (Å²) in [6.07, 6.45) is 0.885. The fraction of sp³-hybridized carbons (Fsp3) is 0.136. The third-order valence-electron chi connectivity index (χ3n) is 4.23. The average Bonchev–Trinajstić information content (AvgIpc) is 2.59. The third-order valence-corrected chi connectivity index (χ3v) is 4.23. The first-order valence-electron chi connectivity index (χ1n) is 7.85. The van der Waals surface area contributed by atoms with Crippen LogP contribution in [-0.2, 0) is 0 Å². The molecular weight excluding hydrogens is 280 g/mol. The van der Waals surface area contributed by atoms with Crippen molar-refractivity contribution in [2.24, 2.45) is 0 Å². The van der Waals surface area contributed by atoms with Crippen LogP contribution in [0.15, 0.2) is 72.8 Å². The van der Waals surface area contributed by atoms with E-state index in [1.165, 1.54) is 27.8 Å². The highest BCUT2D eigenvalue weighted by Gasteiger charge is 2.16. The van der Waals surface area contributed by atoms with E-state index >= 15 is 0 Å². The molecule has 0 N–H and O–H groups in total. The van der Waals surface area contributed by atoms with Crippen LogP contribution in [0.2, 0.25) is 0 Å². The molecule has 0 heterocycles. The molecule has 0 saturated carbocycles. The zero-order valence-corrected chi connectivity index (χ0v) is 13.5. The van der Waals surface area contributed by atoms with Crippen molar-refractivity contribution in [3.8, 4) is 0 Å². The zero-order chi connectivity index (χ0) is 16.2. The molecule has 0 aliphatic heterocycles. The van der Waals surface area contributed by atoms with Gasteiger partial charge in [-0.1, -0.05) is 83.9 Å². The van der Waals surface area contributed by atoms with Gasteiger partial charge in [0.1, 0.15) is 6.29 Å². The van der Waals surface area contributed by atoms with Gasteiger partial charge in [-0.05, 0) is 30.5 Å². The summed E-state index contributed by atoms with van der Waals surface area (Å²) in [5.74, 6) is 0.178. The van der Waals surface area contributed by atoms with Gasteiger partial charge >= 0.3 is 0 Å². The van der Waals surface area contributed by atoms with Crippen molar-refractivity contribution in [1.82, 2.24) is 0 Å². The van der Waals surface area contributed by atoms with Gasteiger partial charge < -0.3 is 0 Å². The van der Waals surface area contributed by atoms with Crippen molar-refractivity contribution in [3.63, 3.8) is 0 Å². The Hall–Kier alpha value is -2.67. The van der Waals surface area contributed by atoms with E-state index in [0.29, 0.717) is 5.56 Å². The average molecular weight is 300 g/mol. The lowest BCUT2D eigenvalue weighted by atomic mass is 9.84. The highest BCUT2D eigenvalue weighted by molar-refractivity contribution is 5.74. The molecule has 0 atom stereocenters. The van der Waals surface area contributed by atoms with Crippen LogP contribution in [0.4, 0.5) is 0 Å². The van der Waals surface area contributed by atoms with Crippen LogP contribution in [0.25, 0.3) is 0 Å². The molecule has 114 valence electrons. The number of aryl methyl sites for hydroxylation is 2. The number of hydrogen-bond donors (Lipinski definition) is 0. The summed E-state index contributed by atoms with van der Waals surface area (Å²) < 4.78 is 0. The van der Waals surface area contributed by atoms with E-state index in [1.54, 1.807) is 0 Å². The second-order valence-electron chi connectivity index (χ2n) is 6.04. The lowest BCUT2D eigenvalue weighted by molar-refractivity contribution is 0.112. The molecule has 0 bridgehead atoms. The molecule has 1 heteroatoms. The maximum Gasteiger partial charge on any atom is 0.150 e. The van der Waals surface area contributed by atoms with Crippen LogP contribution in [-0.4, -0.2) is 6.29 Å². The van der Waals surface area contributed by atoms with Gasteiger partial charge in [0.2, 0.25) is 0 Å². The fourth-order valence-electron chi connectivity index (χ4n) is 2.86. The fourth-order valence-corrected chi connectivity index (χ4v) is 2.86. The molecule has 0 fully saturated rings. The second-order valence-corrected chi connectivity index (χ2v) is 6.04. The van der Waals surface area contributed by atoms with Gasteiger partial charge in [-0.3, -0.25) is 4.79 Å². The third kappa shape index (κ3) is 3.40. The molecule has 3 aromatic carbocycles. The van der Waals surface area contributed by atoms with Crippen molar-refractivity contribution in [2.75, 3.05) is 0 Å². The number of rotatable bonds is 4. The molecule has 0 radical (unpaired) electrons. The molecule has 0 spiro atoms. The normalized spacial score (nSPS) is 10.7. The maximum absolute atomic E-state index is 10.9. The molecule has 0 saturated heterocycles. The van der Waals surface area contributed by atoms with Crippen LogP contribution < -0.4 is 0 Å². The van der Waals surface area contributed by atoms with Gasteiger partial charge in [0.25, 0.3) is 0 Å². The predicted octanol–water partition coefficient (Wildman–Crippen LogP) is 5.30. The molecule has 0 aliphatic rings. The van der Waals surface area contributed by atoms with Gasteiger partial charge in [-0.25, -0.2) is 0 Å². The Kier molecular flexibility index (Phi) is 4.38. The Morgan fingerprint density at radius 3 is 1.30 bits per heavy atom. The highest BCUT2D eigenvalue weighted by Crippen LogP contribution is 2.32. The Balaban J connectivity index is 2.10. The molecule has 0 aromatic heterocycles. The van der Waals surface area contributed by atoms with E-state index in [1.807, 2.05) is 24.3 Å². The number of hydrogen-bond acceptors (Lipinski definition) is 1. The Bertz CT molecular complexity index is 735. The number of carbonyl (C=O) groups excluding carboxylic acids is 1. The maximum atomic E-state index is 10.9. The van der Waals surface area contributed by atoms with Crippen molar-refractivity contribution in [1.29, 1.82) is 0 Å². The lowest BCUT2D eigenvalue weighted by Crippen LogP contribution is -2.03. The highest BCUT2D eigenvalue weighted by atomic mass is 16.1. The summed E-state index contributed by atoms with van der Waals surface area (Å²) in [5.41, 5.74) is 6.95. The first-order chi connectivity index (χ1) is 11.2. The zero-order valence-electron chi connectivity index (χ0n) is 13.5. The molecule has 3 rings (SSSR count). The quantitative estimate of drug-likeness (QED) is 0.472.